The van der Waals surface area contributed by atoms with Crippen molar-refractivity contribution in [3.05, 3.63) is 59.2 Å². The van der Waals surface area contributed by atoms with Crippen LogP contribution < -0.4 is 10.6 Å². The maximum absolute atomic E-state index is 13.2. The van der Waals surface area contributed by atoms with Gasteiger partial charge in [-0.25, -0.2) is 9.59 Å². The first-order valence-electron chi connectivity index (χ1n) is 14.5. The number of aromatic hydroxyl groups is 1. The molecule has 7 nitrogen and oxygen atoms in total. The quantitative estimate of drug-likeness (QED) is 0.277. The molecular weight excluding hydrogens is 492 g/mol. The number of amides is 2. The number of aryl methyl sites for hydroxylation is 1. The summed E-state index contributed by atoms with van der Waals surface area (Å²) in [4.78, 5) is 37.3. The fraction of sp³-hybridized carbons (Fsp3) is 0.531. The number of phenolic OH excluding ortho intramolecular Hbond substituents is 1. The van der Waals surface area contributed by atoms with Crippen LogP contribution in [0.1, 0.15) is 86.2 Å². The summed E-state index contributed by atoms with van der Waals surface area (Å²) in [7, 11) is 0. The standard InChI is InChI=1S/C32H40N2O5/c1-3-39-30(37)20-7-10-23(11-8-20)34-31(38)33-17-5-4-6-22-19-28(36)32(2)16-15-26-25-14-12-24(35)18-21(25)9-13-27(26)29(22)32/h7-8,10-12,14,18,22,26-27,29,35H,3-6,9,13,15-17,19H2,1-2H3,(H2,33,34,38)/t22-,26+,27+,29-,32+/m0/s1. The fourth-order valence-corrected chi connectivity index (χ4v) is 7.71. The Balaban J connectivity index is 1.11. The lowest BCUT2D eigenvalue weighted by Crippen LogP contribution is -2.44. The predicted octanol–water partition coefficient (Wildman–Crippen LogP) is 6.21. The van der Waals surface area contributed by atoms with E-state index in [1.807, 2.05) is 12.1 Å². The van der Waals surface area contributed by atoms with Crippen molar-refractivity contribution < 1.29 is 24.2 Å². The van der Waals surface area contributed by atoms with E-state index in [0.29, 0.717) is 66.0 Å². The van der Waals surface area contributed by atoms with Gasteiger partial charge in [0.05, 0.1) is 12.2 Å². The second-order valence-electron chi connectivity index (χ2n) is 11.7. The van der Waals surface area contributed by atoms with Gasteiger partial charge in [0.25, 0.3) is 0 Å². The number of Topliss-reactive ketones (excluding diaryl/α,β-unsaturated/α-hetero) is 1. The summed E-state index contributed by atoms with van der Waals surface area (Å²) in [6, 6.07) is 12.2. The van der Waals surface area contributed by atoms with Crippen molar-refractivity contribution in [3.63, 3.8) is 0 Å². The SMILES string of the molecule is CCOC(=O)c1ccc(NC(=O)NCCCC[C@H]2CC(=O)[C@@]3(C)CC[C@@H]4c5ccc(O)cc5CC[C@H]4[C@H]23)cc1. The Hall–Kier alpha value is -3.35. The number of phenols is 1. The minimum Gasteiger partial charge on any atom is -0.508 e. The minimum absolute atomic E-state index is 0.207. The molecule has 7 heteroatoms. The second kappa shape index (κ2) is 11.4. The molecule has 2 amide bonds. The Morgan fingerprint density at radius 2 is 1.90 bits per heavy atom. The minimum atomic E-state index is -0.380. The molecule has 2 aromatic carbocycles. The summed E-state index contributed by atoms with van der Waals surface area (Å²) in [5.41, 5.74) is 3.52. The molecule has 39 heavy (non-hydrogen) atoms. The van der Waals surface area contributed by atoms with Crippen molar-refractivity contribution >= 4 is 23.5 Å². The summed E-state index contributed by atoms with van der Waals surface area (Å²) < 4.78 is 4.98. The number of benzene rings is 2. The number of nitrogens with one attached hydrogen (secondary N) is 2. The van der Waals surface area contributed by atoms with Crippen LogP contribution in [0.2, 0.25) is 0 Å². The van der Waals surface area contributed by atoms with Crippen molar-refractivity contribution in [1.82, 2.24) is 5.32 Å². The molecule has 0 aromatic heterocycles. The average Bonchev–Trinajstić information content (AvgIpc) is 3.18. The molecule has 5 atom stereocenters. The molecule has 2 fully saturated rings. The van der Waals surface area contributed by atoms with Gasteiger partial charge in [0.2, 0.25) is 0 Å². The first-order valence-corrected chi connectivity index (χ1v) is 14.5. The van der Waals surface area contributed by atoms with Crippen molar-refractivity contribution in [2.75, 3.05) is 18.5 Å². The first kappa shape index (κ1) is 27.2. The molecule has 0 radical (unpaired) electrons. The van der Waals surface area contributed by atoms with E-state index in [1.165, 1.54) is 11.1 Å². The number of esters is 1. The molecule has 0 aliphatic heterocycles. The Kier molecular flexibility index (Phi) is 7.96. The Morgan fingerprint density at radius 1 is 1.10 bits per heavy atom. The van der Waals surface area contributed by atoms with Crippen LogP contribution in [-0.4, -0.2) is 36.0 Å². The molecule has 0 heterocycles. The van der Waals surface area contributed by atoms with Crippen LogP contribution in [0.5, 0.6) is 5.75 Å². The number of urea groups is 1. The summed E-state index contributed by atoms with van der Waals surface area (Å²) in [5, 5.41) is 15.7. The number of ketones is 1. The number of hydrogen-bond donors (Lipinski definition) is 3. The summed E-state index contributed by atoms with van der Waals surface area (Å²) in [5.74, 6) is 2.24. The van der Waals surface area contributed by atoms with E-state index in [-0.39, 0.29) is 17.4 Å². The molecule has 3 aliphatic carbocycles. The molecule has 0 spiro atoms. The average molecular weight is 533 g/mol. The van der Waals surface area contributed by atoms with Crippen LogP contribution in [-0.2, 0) is 16.0 Å². The van der Waals surface area contributed by atoms with E-state index < -0.39 is 0 Å². The van der Waals surface area contributed by atoms with Crippen LogP contribution >= 0.6 is 0 Å². The smallest absolute Gasteiger partial charge is 0.338 e. The highest BCUT2D eigenvalue weighted by atomic mass is 16.5. The molecule has 3 aliphatic rings. The summed E-state index contributed by atoms with van der Waals surface area (Å²) in [6.45, 7) is 4.86. The summed E-state index contributed by atoms with van der Waals surface area (Å²) >= 11 is 0. The zero-order valence-electron chi connectivity index (χ0n) is 23.0. The van der Waals surface area contributed by atoms with E-state index in [4.69, 9.17) is 4.74 Å². The number of anilines is 1. The zero-order chi connectivity index (χ0) is 27.6. The van der Waals surface area contributed by atoms with Gasteiger partial charge >= 0.3 is 12.0 Å². The van der Waals surface area contributed by atoms with Crippen LogP contribution in [0.3, 0.4) is 0 Å². The van der Waals surface area contributed by atoms with Crippen molar-refractivity contribution in [1.29, 1.82) is 0 Å². The van der Waals surface area contributed by atoms with Gasteiger partial charge < -0.3 is 20.5 Å². The molecule has 2 saturated carbocycles. The van der Waals surface area contributed by atoms with Gasteiger partial charge in [0, 0.05) is 24.1 Å². The van der Waals surface area contributed by atoms with Crippen molar-refractivity contribution in [3.8, 4) is 5.75 Å². The van der Waals surface area contributed by atoms with Crippen molar-refractivity contribution in [2.45, 2.75) is 71.1 Å². The van der Waals surface area contributed by atoms with Crippen LogP contribution in [0.4, 0.5) is 10.5 Å². The van der Waals surface area contributed by atoms with Gasteiger partial charge in [-0.3, -0.25) is 4.79 Å². The van der Waals surface area contributed by atoms with Crippen LogP contribution in [0, 0.1) is 23.2 Å². The highest BCUT2D eigenvalue weighted by molar-refractivity contribution is 5.92. The second-order valence-corrected chi connectivity index (χ2v) is 11.7. The third kappa shape index (κ3) is 5.54. The van der Waals surface area contributed by atoms with Gasteiger partial charge in [0.1, 0.15) is 11.5 Å². The van der Waals surface area contributed by atoms with E-state index in [1.54, 1.807) is 31.2 Å². The predicted molar refractivity (Wildman–Crippen MR) is 150 cm³/mol. The number of ether oxygens (including phenoxy) is 1. The maximum Gasteiger partial charge on any atom is 0.338 e. The molecule has 208 valence electrons. The number of carbonyl (C=O) groups excluding carboxylic acids is 3. The highest BCUT2D eigenvalue weighted by Crippen LogP contribution is 2.62. The highest BCUT2D eigenvalue weighted by Gasteiger charge is 2.58. The largest absolute Gasteiger partial charge is 0.508 e. The third-order valence-electron chi connectivity index (χ3n) is 9.50. The summed E-state index contributed by atoms with van der Waals surface area (Å²) in [6.07, 6.45) is 7.60. The van der Waals surface area contributed by atoms with Gasteiger partial charge in [-0.2, -0.15) is 0 Å². The van der Waals surface area contributed by atoms with E-state index in [9.17, 15) is 19.5 Å². The Bertz CT molecular complexity index is 1230. The van der Waals surface area contributed by atoms with Crippen molar-refractivity contribution in [2.24, 2.45) is 23.2 Å². The lowest BCUT2D eigenvalue weighted by atomic mass is 9.54. The lowest BCUT2D eigenvalue weighted by Gasteiger charge is -2.50. The van der Waals surface area contributed by atoms with Gasteiger partial charge in [0.15, 0.2) is 0 Å². The first-order chi connectivity index (χ1) is 18.8. The number of carbonyl (C=O) groups is 3. The number of rotatable bonds is 8. The molecule has 5 rings (SSSR count). The number of unbranched alkanes of at least 4 members (excludes halogenated alkanes) is 1. The molecule has 0 saturated heterocycles. The van der Waals surface area contributed by atoms with Crippen LogP contribution in [0.15, 0.2) is 42.5 Å². The topological polar surface area (TPSA) is 105 Å². The van der Waals surface area contributed by atoms with E-state index in [2.05, 4.69) is 23.6 Å². The molecule has 3 N–H and O–H groups in total. The van der Waals surface area contributed by atoms with Gasteiger partial charge in [-0.1, -0.05) is 19.4 Å². The molecular formula is C32H40N2O5. The van der Waals surface area contributed by atoms with E-state index in [0.717, 1.165) is 44.9 Å². The maximum atomic E-state index is 13.2. The monoisotopic (exact) mass is 532 g/mol. The molecule has 0 bridgehead atoms. The van der Waals surface area contributed by atoms with Gasteiger partial charge in [-0.05, 0) is 117 Å². The molecule has 2 aromatic rings. The number of hydrogen-bond acceptors (Lipinski definition) is 5. The van der Waals surface area contributed by atoms with Gasteiger partial charge in [-0.15, -0.1) is 0 Å². The third-order valence-corrected chi connectivity index (χ3v) is 9.50. The van der Waals surface area contributed by atoms with Crippen LogP contribution in [0.25, 0.3) is 0 Å². The fourth-order valence-electron chi connectivity index (χ4n) is 7.71. The Morgan fingerprint density at radius 3 is 2.67 bits per heavy atom. The molecule has 0 unspecified atom stereocenters. The lowest BCUT2D eigenvalue weighted by molar-refractivity contribution is -0.129. The zero-order valence-corrected chi connectivity index (χ0v) is 23.0. The number of fused-ring (bicyclic) bond motifs is 5. The van der Waals surface area contributed by atoms with E-state index >= 15 is 0 Å². The normalized spacial score (nSPS) is 27.2. The Labute approximate surface area is 230 Å².